The number of nitriles is 1. The van der Waals surface area contributed by atoms with Crippen molar-refractivity contribution in [3.05, 3.63) is 47.7 Å². The molecule has 1 aromatic carbocycles. The third-order valence-electron chi connectivity index (χ3n) is 3.30. The summed E-state index contributed by atoms with van der Waals surface area (Å²) in [6.07, 6.45) is 1.65. The molecule has 0 radical (unpaired) electrons. The maximum Gasteiger partial charge on any atom is 0.322 e. The molecular weight excluding hydrogens is 308 g/mol. The first-order chi connectivity index (χ1) is 11.6. The molecule has 2 aromatic heterocycles. The standard InChI is InChI=1S/C16H14N6O2/c1-10(2)22-13(7-8-18-22)15-20-21-16(24-15)19-14(23)12-5-3-11(9-17)4-6-12/h3-8,10H,1-2H3,(H,19,21,23). The van der Waals surface area contributed by atoms with Gasteiger partial charge in [0.05, 0.1) is 11.6 Å². The van der Waals surface area contributed by atoms with Gasteiger partial charge in [0.25, 0.3) is 11.8 Å². The molecule has 24 heavy (non-hydrogen) atoms. The van der Waals surface area contributed by atoms with E-state index in [-0.39, 0.29) is 17.9 Å². The maximum absolute atomic E-state index is 12.1. The maximum atomic E-state index is 12.1. The highest BCUT2D eigenvalue weighted by Crippen LogP contribution is 2.22. The molecule has 0 saturated carbocycles. The predicted octanol–water partition coefficient (Wildman–Crippen LogP) is 2.64. The van der Waals surface area contributed by atoms with Crippen molar-refractivity contribution < 1.29 is 9.21 Å². The summed E-state index contributed by atoms with van der Waals surface area (Å²) in [5.74, 6) is -0.122. The van der Waals surface area contributed by atoms with Gasteiger partial charge in [-0.25, -0.2) is 0 Å². The van der Waals surface area contributed by atoms with Crippen molar-refractivity contribution in [1.82, 2.24) is 20.0 Å². The van der Waals surface area contributed by atoms with Crippen molar-refractivity contribution in [3.8, 4) is 17.7 Å². The SMILES string of the molecule is CC(C)n1nccc1-c1nnc(NC(=O)c2ccc(C#N)cc2)o1. The van der Waals surface area contributed by atoms with Crippen LogP contribution in [-0.2, 0) is 0 Å². The Morgan fingerprint density at radius 1 is 1.25 bits per heavy atom. The molecule has 1 N–H and O–H groups in total. The summed E-state index contributed by atoms with van der Waals surface area (Å²) in [5, 5.41) is 23.3. The van der Waals surface area contributed by atoms with E-state index in [1.54, 1.807) is 41.2 Å². The van der Waals surface area contributed by atoms with Crippen molar-refractivity contribution >= 4 is 11.9 Å². The Bertz CT molecular complexity index is 901. The van der Waals surface area contributed by atoms with Crippen LogP contribution in [0.15, 0.2) is 40.9 Å². The summed E-state index contributed by atoms with van der Waals surface area (Å²) in [4.78, 5) is 12.1. The number of carbonyl (C=O) groups excluding carboxylic acids is 1. The largest absolute Gasteiger partial charge is 0.401 e. The molecule has 0 spiro atoms. The number of benzene rings is 1. The van der Waals surface area contributed by atoms with E-state index in [1.807, 2.05) is 19.9 Å². The number of nitrogens with zero attached hydrogens (tertiary/aromatic N) is 5. The van der Waals surface area contributed by atoms with Crippen LogP contribution in [0.1, 0.15) is 35.8 Å². The second-order valence-electron chi connectivity index (χ2n) is 5.31. The van der Waals surface area contributed by atoms with Gasteiger partial charge >= 0.3 is 6.01 Å². The Balaban J connectivity index is 1.77. The van der Waals surface area contributed by atoms with Crippen LogP contribution in [0.2, 0.25) is 0 Å². The molecule has 0 saturated heterocycles. The van der Waals surface area contributed by atoms with E-state index in [0.29, 0.717) is 16.8 Å². The van der Waals surface area contributed by atoms with Crippen molar-refractivity contribution in [2.75, 3.05) is 5.32 Å². The molecule has 0 aliphatic heterocycles. The van der Waals surface area contributed by atoms with E-state index in [4.69, 9.17) is 9.68 Å². The van der Waals surface area contributed by atoms with E-state index >= 15 is 0 Å². The van der Waals surface area contributed by atoms with E-state index in [1.165, 1.54) is 0 Å². The Morgan fingerprint density at radius 3 is 2.67 bits per heavy atom. The highest BCUT2D eigenvalue weighted by Gasteiger charge is 2.16. The van der Waals surface area contributed by atoms with Crippen LogP contribution in [-0.4, -0.2) is 25.9 Å². The van der Waals surface area contributed by atoms with Gasteiger partial charge in [-0.1, -0.05) is 5.10 Å². The van der Waals surface area contributed by atoms with Crippen LogP contribution in [0.5, 0.6) is 0 Å². The van der Waals surface area contributed by atoms with E-state index in [2.05, 4.69) is 20.6 Å². The van der Waals surface area contributed by atoms with Gasteiger partial charge in [-0.05, 0) is 44.2 Å². The summed E-state index contributed by atoms with van der Waals surface area (Å²) in [7, 11) is 0. The minimum atomic E-state index is -0.396. The third-order valence-corrected chi connectivity index (χ3v) is 3.30. The molecule has 3 rings (SSSR count). The van der Waals surface area contributed by atoms with Crippen LogP contribution in [0.25, 0.3) is 11.6 Å². The quantitative estimate of drug-likeness (QED) is 0.790. The molecule has 1 amide bonds. The summed E-state index contributed by atoms with van der Waals surface area (Å²) in [5.41, 5.74) is 1.55. The number of anilines is 1. The van der Waals surface area contributed by atoms with Gasteiger partial charge in [0.15, 0.2) is 0 Å². The average Bonchev–Trinajstić information content (AvgIpc) is 3.23. The number of aromatic nitrogens is 4. The van der Waals surface area contributed by atoms with Gasteiger partial charge in [0.2, 0.25) is 0 Å². The lowest BCUT2D eigenvalue weighted by atomic mass is 10.1. The van der Waals surface area contributed by atoms with Crippen molar-refractivity contribution in [3.63, 3.8) is 0 Å². The lowest BCUT2D eigenvalue weighted by Gasteiger charge is -2.07. The molecule has 0 aliphatic rings. The molecule has 8 heteroatoms. The molecule has 2 heterocycles. The number of rotatable bonds is 4. The summed E-state index contributed by atoms with van der Waals surface area (Å²) in [6, 6.07) is 10.1. The second-order valence-corrected chi connectivity index (χ2v) is 5.31. The third kappa shape index (κ3) is 3.01. The lowest BCUT2D eigenvalue weighted by molar-refractivity contribution is 0.102. The fraction of sp³-hybridized carbons (Fsp3) is 0.188. The molecule has 120 valence electrons. The predicted molar refractivity (Wildman–Crippen MR) is 85.0 cm³/mol. The molecule has 0 bridgehead atoms. The number of hydrogen-bond donors (Lipinski definition) is 1. The van der Waals surface area contributed by atoms with Gasteiger partial charge < -0.3 is 4.42 Å². The highest BCUT2D eigenvalue weighted by atomic mass is 16.4. The van der Waals surface area contributed by atoms with Crippen LogP contribution in [0.4, 0.5) is 6.01 Å². The van der Waals surface area contributed by atoms with Crippen LogP contribution in [0, 0.1) is 11.3 Å². The molecule has 0 atom stereocenters. The second kappa shape index (κ2) is 6.34. The number of hydrogen-bond acceptors (Lipinski definition) is 6. The van der Waals surface area contributed by atoms with Crippen LogP contribution < -0.4 is 5.32 Å². The smallest absolute Gasteiger partial charge is 0.322 e. The Hall–Kier alpha value is -3.47. The molecule has 3 aromatic rings. The van der Waals surface area contributed by atoms with Crippen molar-refractivity contribution in [1.29, 1.82) is 5.26 Å². The number of carbonyl (C=O) groups is 1. The first-order valence-electron chi connectivity index (χ1n) is 7.27. The fourth-order valence-corrected chi connectivity index (χ4v) is 2.14. The Morgan fingerprint density at radius 2 is 2.00 bits per heavy atom. The zero-order valence-electron chi connectivity index (χ0n) is 13.1. The van der Waals surface area contributed by atoms with Gasteiger partial charge in [0, 0.05) is 17.8 Å². The molecule has 0 fully saturated rings. The summed E-state index contributed by atoms with van der Waals surface area (Å²) < 4.78 is 7.24. The van der Waals surface area contributed by atoms with E-state index in [0.717, 1.165) is 0 Å². The minimum Gasteiger partial charge on any atom is -0.401 e. The number of amides is 1. The average molecular weight is 322 g/mol. The number of nitrogens with one attached hydrogen (secondary N) is 1. The van der Waals surface area contributed by atoms with Crippen molar-refractivity contribution in [2.24, 2.45) is 0 Å². The van der Waals surface area contributed by atoms with E-state index in [9.17, 15) is 4.79 Å². The van der Waals surface area contributed by atoms with Crippen molar-refractivity contribution in [2.45, 2.75) is 19.9 Å². The lowest BCUT2D eigenvalue weighted by Crippen LogP contribution is -2.12. The zero-order chi connectivity index (χ0) is 17.1. The molecule has 0 unspecified atom stereocenters. The van der Waals surface area contributed by atoms with Crippen LogP contribution >= 0.6 is 0 Å². The summed E-state index contributed by atoms with van der Waals surface area (Å²) >= 11 is 0. The minimum absolute atomic E-state index is 0.00383. The summed E-state index contributed by atoms with van der Waals surface area (Å²) in [6.45, 7) is 3.97. The Labute approximate surface area is 137 Å². The molecular formula is C16H14N6O2. The first kappa shape index (κ1) is 15.4. The molecule has 8 nitrogen and oxygen atoms in total. The highest BCUT2D eigenvalue weighted by molar-refractivity contribution is 6.03. The Kier molecular flexibility index (Phi) is 4.07. The van der Waals surface area contributed by atoms with Gasteiger partial charge in [-0.15, -0.1) is 5.10 Å². The monoisotopic (exact) mass is 322 g/mol. The van der Waals surface area contributed by atoms with Gasteiger partial charge in [-0.3, -0.25) is 14.8 Å². The normalized spacial score (nSPS) is 10.6. The van der Waals surface area contributed by atoms with Crippen LogP contribution in [0.3, 0.4) is 0 Å². The van der Waals surface area contributed by atoms with E-state index < -0.39 is 5.91 Å². The zero-order valence-corrected chi connectivity index (χ0v) is 13.1. The van der Waals surface area contributed by atoms with Gasteiger partial charge in [0.1, 0.15) is 5.69 Å². The topological polar surface area (TPSA) is 110 Å². The fourth-order valence-electron chi connectivity index (χ4n) is 2.14. The van der Waals surface area contributed by atoms with Gasteiger partial charge in [-0.2, -0.15) is 10.4 Å². The molecule has 0 aliphatic carbocycles. The first-order valence-corrected chi connectivity index (χ1v) is 7.27.